The highest BCUT2D eigenvalue weighted by atomic mass is 15.0. The first-order valence-corrected chi connectivity index (χ1v) is 27.9. The highest BCUT2D eigenvalue weighted by molar-refractivity contribution is 6.11. The van der Waals surface area contributed by atoms with Gasteiger partial charge < -0.3 is 9.13 Å². The van der Waals surface area contributed by atoms with Crippen molar-refractivity contribution in [3.63, 3.8) is 0 Å². The highest BCUT2D eigenvalue weighted by Crippen LogP contribution is 2.48. The molecule has 11 aromatic carbocycles. The molecule has 15 aromatic rings. The van der Waals surface area contributed by atoms with Crippen LogP contribution in [-0.2, 0) is 0 Å². The van der Waals surface area contributed by atoms with Gasteiger partial charge >= 0.3 is 0 Å². The Bertz CT molecular complexity index is 4850. The maximum absolute atomic E-state index is 5.87. The molecule has 0 aliphatic carbocycles. The van der Waals surface area contributed by atoms with Crippen LogP contribution in [0.15, 0.2) is 279 Å². The summed E-state index contributed by atoms with van der Waals surface area (Å²) in [6.07, 6.45) is 0. The van der Waals surface area contributed by atoms with E-state index in [0.717, 1.165) is 89.5 Å². The molecule has 0 radical (unpaired) electrons. The second-order valence-electron chi connectivity index (χ2n) is 21.1. The summed E-state index contributed by atoms with van der Waals surface area (Å²) in [4.78, 5) is 21.7. The molecule has 0 atom stereocenters. The van der Waals surface area contributed by atoms with Crippen LogP contribution in [0.3, 0.4) is 0 Å². The molecule has 0 unspecified atom stereocenters. The minimum atomic E-state index is 0.571. The van der Waals surface area contributed by atoms with Gasteiger partial charge in [-0.15, -0.1) is 0 Å². The van der Waals surface area contributed by atoms with E-state index in [1.165, 1.54) is 49.2 Å². The molecule has 6 heteroatoms. The van der Waals surface area contributed by atoms with Gasteiger partial charge in [0, 0.05) is 66.3 Å². The van der Waals surface area contributed by atoms with Gasteiger partial charge in [-0.25, -0.2) is 19.9 Å². The van der Waals surface area contributed by atoms with Crippen molar-refractivity contribution in [2.24, 2.45) is 0 Å². The molecule has 0 saturated heterocycles. The number of aromatic nitrogens is 6. The summed E-state index contributed by atoms with van der Waals surface area (Å²) in [5, 5.41) is 4.94. The third-order valence-corrected chi connectivity index (χ3v) is 15.9. The third-order valence-electron chi connectivity index (χ3n) is 15.9. The average molecular weight is 1050 g/mol. The van der Waals surface area contributed by atoms with Gasteiger partial charge in [-0.2, -0.15) is 0 Å². The van der Waals surface area contributed by atoms with E-state index in [4.69, 9.17) is 19.9 Å². The van der Waals surface area contributed by atoms with Crippen LogP contribution in [-0.4, -0.2) is 29.1 Å². The first kappa shape index (κ1) is 48.3. The Kier molecular flexibility index (Phi) is 11.9. The van der Waals surface area contributed by atoms with Crippen LogP contribution in [0.2, 0.25) is 0 Å². The largest absolute Gasteiger partial charge is 0.309 e. The number of benzene rings is 11. The van der Waals surface area contributed by atoms with Gasteiger partial charge in [-0.1, -0.05) is 223 Å². The standard InChI is InChI=1S/C76H52N6/c1-49-34-44-70-64(46-49)60-28-16-18-32-68(60)81(70)56-40-36-52(37-41-56)67-48-66(59-27-13-15-31-63(59)76-79-74(54-22-8-4-9-23-54)78-75(80-76)55-24-10-5-11-25-55)72(62-30-14-12-26-58(62)51-20-6-3-7-21-51)73(77-67)53-38-42-57(43-39-53)82-69-33-19-17-29-61(69)65-47-50(2)35-45-71(65)82/h3-48H,1-2H3. The van der Waals surface area contributed by atoms with Crippen molar-refractivity contribution in [3.8, 4) is 101 Å². The summed E-state index contributed by atoms with van der Waals surface area (Å²) in [6, 6.07) is 99.4. The van der Waals surface area contributed by atoms with Gasteiger partial charge in [0.2, 0.25) is 0 Å². The third kappa shape index (κ3) is 8.44. The fourth-order valence-electron chi connectivity index (χ4n) is 12.1. The zero-order valence-electron chi connectivity index (χ0n) is 45.2. The Balaban J connectivity index is 0.995. The number of hydrogen-bond donors (Lipinski definition) is 0. The fourth-order valence-corrected chi connectivity index (χ4v) is 12.1. The summed E-state index contributed by atoms with van der Waals surface area (Å²) in [6.45, 7) is 4.32. The first-order chi connectivity index (χ1) is 40.5. The van der Waals surface area contributed by atoms with E-state index >= 15 is 0 Å². The second-order valence-corrected chi connectivity index (χ2v) is 21.1. The Hall–Kier alpha value is -10.8. The van der Waals surface area contributed by atoms with Crippen molar-refractivity contribution >= 4 is 43.6 Å². The van der Waals surface area contributed by atoms with E-state index < -0.39 is 0 Å². The fraction of sp³-hybridized carbons (Fsp3) is 0.0263. The lowest BCUT2D eigenvalue weighted by molar-refractivity contribution is 1.07. The molecule has 0 saturated carbocycles. The van der Waals surface area contributed by atoms with E-state index in [9.17, 15) is 0 Å². The molecule has 0 amide bonds. The Morgan fingerprint density at radius 1 is 0.256 bits per heavy atom. The highest BCUT2D eigenvalue weighted by Gasteiger charge is 2.25. The Morgan fingerprint density at radius 2 is 0.671 bits per heavy atom. The second kappa shape index (κ2) is 20.1. The van der Waals surface area contributed by atoms with E-state index in [-0.39, 0.29) is 0 Å². The topological polar surface area (TPSA) is 61.4 Å². The molecule has 4 heterocycles. The minimum Gasteiger partial charge on any atom is -0.309 e. The van der Waals surface area contributed by atoms with Crippen LogP contribution in [0.4, 0.5) is 0 Å². The van der Waals surface area contributed by atoms with Gasteiger partial charge in [0.15, 0.2) is 17.5 Å². The maximum atomic E-state index is 5.87. The lowest BCUT2D eigenvalue weighted by Crippen LogP contribution is -2.03. The molecule has 386 valence electrons. The lowest BCUT2D eigenvalue weighted by atomic mass is 9.84. The van der Waals surface area contributed by atoms with Gasteiger partial charge in [0.1, 0.15) is 0 Å². The predicted molar refractivity (Wildman–Crippen MR) is 339 cm³/mol. The minimum absolute atomic E-state index is 0.571. The van der Waals surface area contributed by atoms with Crippen LogP contribution in [0.25, 0.3) is 145 Å². The zero-order valence-corrected chi connectivity index (χ0v) is 45.2. The number of hydrogen-bond acceptors (Lipinski definition) is 4. The predicted octanol–water partition coefficient (Wildman–Crippen LogP) is 19.4. The molecule has 82 heavy (non-hydrogen) atoms. The summed E-state index contributed by atoms with van der Waals surface area (Å²) in [5.41, 5.74) is 21.8. The molecule has 0 fully saturated rings. The number of nitrogens with zero attached hydrogens (tertiary/aromatic N) is 6. The van der Waals surface area contributed by atoms with Gasteiger partial charge in [-0.05, 0) is 108 Å². The molecular weight excluding hydrogens is 997 g/mol. The molecule has 0 aliphatic heterocycles. The van der Waals surface area contributed by atoms with E-state index in [1.54, 1.807) is 0 Å². The van der Waals surface area contributed by atoms with Crippen LogP contribution in [0.5, 0.6) is 0 Å². The number of para-hydroxylation sites is 2. The lowest BCUT2D eigenvalue weighted by Gasteiger charge is -2.22. The molecule has 0 bridgehead atoms. The van der Waals surface area contributed by atoms with Crippen molar-refractivity contribution in [1.82, 2.24) is 29.1 Å². The van der Waals surface area contributed by atoms with Crippen molar-refractivity contribution in [2.75, 3.05) is 0 Å². The average Bonchev–Trinajstić information content (AvgIpc) is 4.24. The van der Waals surface area contributed by atoms with Gasteiger partial charge in [-0.3, -0.25) is 0 Å². The molecule has 4 aromatic heterocycles. The van der Waals surface area contributed by atoms with Crippen molar-refractivity contribution in [3.05, 3.63) is 290 Å². The normalized spacial score (nSPS) is 11.5. The first-order valence-electron chi connectivity index (χ1n) is 27.9. The Labute approximate surface area is 475 Å². The van der Waals surface area contributed by atoms with E-state index in [0.29, 0.717) is 17.5 Å². The van der Waals surface area contributed by atoms with E-state index in [1.807, 2.05) is 36.4 Å². The van der Waals surface area contributed by atoms with Crippen LogP contribution in [0, 0.1) is 13.8 Å². The maximum Gasteiger partial charge on any atom is 0.164 e. The summed E-state index contributed by atoms with van der Waals surface area (Å²) in [7, 11) is 0. The molecule has 0 N–H and O–H groups in total. The van der Waals surface area contributed by atoms with Crippen LogP contribution < -0.4 is 0 Å². The summed E-state index contributed by atoms with van der Waals surface area (Å²) < 4.78 is 4.76. The van der Waals surface area contributed by atoms with Gasteiger partial charge in [0.05, 0.1) is 33.5 Å². The molecular formula is C76H52N6. The summed E-state index contributed by atoms with van der Waals surface area (Å²) >= 11 is 0. The number of aryl methyl sites for hydroxylation is 2. The van der Waals surface area contributed by atoms with Crippen LogP contribution >= 0.6 is 0 Å². The monoisotopic (exact) mass is 1050 g/mol. The summed E-state index contributed by atoms with van der Waals surface area (Å²) in [5.74, 6) is 1.77. The van der Waals surface area contributed by atoms with Crippen molar-refractivity contribution < 1.29 is 0 Å². The smallest absolute Gasteiger partial charge is 0.164 e. The van der Waals surface area contributed by atoms with Gasteiger partial charge in [0.25, 0.3) is 0 Å². The molecule has 0 spiro atoms. The molecule has 6 nitrogen and oxygen atoms in total. The molecule has 15 rings (SSSR count). The van der Waals surface area contributed by atoms with Crippen LogP contribution in [0.1, 0.15) is 11.1 Å². The zero-order chi connectivity index (χ0) is 54.7. The molecule has 0 aliphatic rings. The Morgan fingerprint density at radius 3 is 1.21 bits per heavy atom. The quantitative estimate of drug-likeness (QED) is 0.137. The van der Waals surface area contributed by atoms with Crippen molar-refractivity contribution in [1.29, 1.82) is 0 Å². The number of rotatable bonds is 10. The SMILES string of the molecule is Cc1ccc2c(c1)c1ccccc1n2-c1ccc(-c2cc(-c3ccccc3-c3nc(-c4ccccc4)nc(-c4ccccc4)n3)c(-c3ccccc3-c3ccccc3)c(-c3ccc(-n4c5ccccc5c5cc(C)ccc54)cc3)n2)cc1. The van der Waals surface area contributed by atoms with Crippen molar-refractivity contribution in [2.45, 2.75) is 13.8 Å². The number of pyridine rings is 1. The number of fused-ring (bicyclic) bond motifs is 6. The van der Waals surface area contributed by atoms with E-state index in [2.05, 4.69) is 266 Å².